The summed E-state index contributed by atoms with van der Waals surface area (Å²) in [6.07, 6.45) is 4.04. The zero-order valence-electron chi connectivity index (χ0n) is 7.29. The number of hydrogen-bond acceptors (Lipinski definition) is 2. The summed E-state index contributed by atoms with van der Waals surface area (Å²) in [6, 6.07) is 0.946. The van der Waals surface area contributed by atoms with Crippen molar-refractivity contribution in [1.29, 1.82) is 0 Å². The van der Waals surface area contributed by atoms with Gasteiger partial charge < -0.3 is 10.6 Å². The summed E-state index contributed by atoms with van der Waals surface area (Å²) in [5, 5.41) is 0. The minimum atomic E-state index is 0.875. The van der Waals surface area contributed by atoms with Gasteiger partial charge in [0.05, 0.1) is 0 Å². The lowest BCUT2D eigenvalue weighted by Crippen LogP contribution is -2.19. The third-order valence-corrected chi connectivity index (χ3v) is 3.35. The van der Waals surface area contributed by atoms with Crippen LogP contribution in [0, 0.1) is 11.8 Å². The molecule has 0 amide bonds. The van der Waals surface area contributed by atoms with Crippen LogP contribution in [0.25, 0.3) is 0 Å². The van der Waals surface area contributed by atoms with E-state index in [1.165, 1.54) is 25.8 Å². The Balaban J connectivity index is 1.76. The summed E-state index contributed by atoms with van der Waals surface area (Å²) < 4.78 is 0. The van der Waals surface area contributed by atoms with Crippen molar-refractivity contribution >= 4 is 0 Å². The molecule has 2 rings (SSSR count). The molecule has 11 heavy (non-hydrogen) atoms. The van der Waals surface area contributed by atoms with Crippen molar-refractivity contribution in [3.63, 3.8) is 0 Å². The van der Waals surface area contributed by atoms with E-state index in [4.69, 9.17) is 5.73 Å². The van der Waals surface area contributed by atoms with Crippen molar-refractivity contribution in [2.24, 2.45) is 17.6 Å². The lowest BCUT2D eigenvalue weighted by molar-refractivity contribution is 0.332. The van der Waals surface area contributed by atoms with E-state index >= 15 is 0 Å². The van der Waals surface area contributed by atoms with Gasteiger partial charge in [-0.3, -0.25) is 0 Å². The summed E-state index contributed by atoms with van der Waals surface area (Å²) >= 11 is 0. The van der Waals surface area contributed by atoms with Gasteiger partial charge >= 0.3 is 0 Å². The van der Waals surface area contributed by atoms with Gasteiger partial charge in [0.2, 0.25) is 0 Å². The molecule has 1 heterocycles. The molecular formula is C9H18N2. The van der Waals surface area contributed by atoms with Crippen LogP contribution >= 0.6 is 0 Å². The molecule has 0 aromatic heterocycles. The number of piperidine rings is 1. The molecule has 0 bridgehead atoms. The van der Waals surface area contributed by atoms with E-state index in [0.29, 0.717) is 0 Å². The van der Waals surface area contributed by atoms with Gasteiger partial charge in [0.1, 0.15) is 0 Å². The molecule has 1 aliphatic carbocycles. The highest BCUT2D eigenvalue weighted by atomic mass is 15.2. The van der Waals surface area contributed by atoms with E-state index < -0.39 is 0 Å². The molecule has 3 atom stereocenters. The van der Waals surface area contributed by atoms with Crippen LogP contribution in [0.15, 0.2) is 0 Å². The molecular weight excluding hydrogens is 136 g/mol. The van der Waals surface area contributed by atoms with Crippen LogP contribution in [-0.4, -0.2) is 31.1 Å². The van der Waals surface area contributed by atoms with Crippen LogP contribution < -0.4 is 5.73 Å². The standard InChI is InChI=1S/C9H18N2/c1-11-6-4-8-7(9(8)11)3-2-5-10/h7-9H,2-6,10H2,1H3/t7?,8-,9+/m1/s1. The zero-order chi connectivity index (χ0) is 7.84. The first-order valence-electron chi connectivity index (χ1n) is 4.75. The molecule has 64 valence electrons. The Bertz CT molecular complexity index is 146. The normalized spacial score (nSPS) is 42.5. The average Bonchev–Trinajstić information content (AvgIpc) is 2.58. The first-order valence-corrected chi connectivity index (χ1v) is 4.75. The molecule has 1 saturated heterocycles. The highest BCUT2D eigenvalue weighted by molar-refractivity contribution is 5.07. The Morgan fingerprint density at radius 1 is 1.55 bits per heavy atom. The second-order valence-electron chi connectivity index (χ2n) is 4.02. The number of nitrogens with two attached hydrogens (primary N) is 1. The molecule has 2 nitrogen and oxygen atoms in total. The number of fused-ring (bicyclic) bond motifs is 1. The van der Waals surface area contributed by atoms with Gasteiger partial charge in [0, 0.05) is 6.04 Å². The smallest absolute Gasteiger partial charge is 0.0156 e. The minimum absolute atomic E-state index is 0.875. The van der Waals surface area contributed by atoms with Crippen LogP contribution in [-0.2, 0) is 0 Å². The Morgan fingerprint density at radius 3 is 2.91 bits per heavy atom. The summed E-state index contributed by atoms with van der Waals surface area (Å²) in [4.78, 5) is 2.52. The Morgan fingerprint density at radius 2 is 2.36 bits per heavy atom. The maximum Gasteiger partial charge on any atom is 0.0156 e. The lowest BCUT2D eigenvalue weighted by atomic mass is 10.1. The van der Waals surface area contributed by atoms with E-state index in [2.05, 4.69) is 11.9 Å². The topological polar surface area (TPSA) is 29.3 Å². The Kier molecular flexibility index (Phi) is 1.90. The first kappa shape index (κ1) is 7.56. The Labute approximate surface area is 68.7 Å². The maximum atomic E-state index is 5.48. The quantitative estimate of drug-likeness (QED) is 0.647. The predicted molar refractivity (Wildman–Crippen MR) is 46.3 cm³/mol. The summed E-state index contributed by atoms with van der Waals surface area (Å²) in [5.41, 5.74) is 5.48. The van der Waals surface area contributed by atoms with Crippen molar-refractivity contribution in [3.8, 4) is 0 Å². The summed E-state index contributed by atoms with van der Waals surface area (Å²) in [5.74, 6) is 2.06. The van der Waals surface area contributed by atoms with Crippen molar-refractivity contribution < 1.29 is 0 Å². The zero-order valence-corrected chi connectivity index (χ0v) is 7.29. The van der Waals surface area contributed by atoms with Gasteiger partial charge in [0.15, 0.2) is 0 Å². The molecule has 0 aromatic carbocycles. The molecule has 2 aliphatic rings. The van der Waals surface area contributed by atoms with Crippen LogP contribution in [0.5, 0.6) is 0 Å². The van der Waals surface area contributed by atoms with Crippen LogP contribution in [0.4, 0.5) is 0 Å². The van der Waals surface area contributed by atoms with Crippen molar-refractivity contribution in [3.05, 3.63) is 0 Å². The van der Waals surface area contributed by atoms with Gasteiger partial charge in [-0.25, -0.2) is 0 Å². The highest BCUT2D eigenvalue weighted by Crippen LogP contribution is 2.52. The van der Waals surface area contributed by atoms with Crippen molar-refractivity contribution in [1.82, 2.24) is 4.90 Å². The first-order chi connectivity index (χ1) is 5.34. The molecule has 2 N–H and O–H groups in total. The SMILES string of the molecule is CN1CC[C@@H]2C(CCCN)[C@@H]21. The average molecular weight is 154 g/mol. The fourth-order valence-electron chi connectivity index (χ4n) is 2.70. The minimum Gasteiger partial charge on any atom is -0.330 e. The predicted octanol–water partition coefficient (Wildman–Crippen LogP) is 0.675. The molecule has 2 heteroatoms. The second kappa shape index (κ2) is 2.76. The fourth-order valence-corrected chi connectivity index (χ4v) is 2.70. The molecule has 0 spiro atoms. The summed E-state index contributed by atoms with van der Waals surface area (Å²) in [7, 11) is 2.26. The van der Waals surface area contributed by atoms with Crippen LogP contribution in [0.2, 0.25) is 0 Å². The van der Waals surface area contributed by atoms with Gasteiger partial charge in [-0.15, -0.1) is 0 Å². The summed E-state index contributed by atoms with van der Waals surface area (Å²) in [6.45, 7) is 2.20. The van der Waals surface area contributed by atoms with Gasteiger partial charge in [-0.05, 0) is 51.2 Å². The van der Waals surface area contributed by atoms with Crippen molar-refractivity contribution in [2.45, 2.75) is 25.3 Å². The molecule has 2 fully saturated rings. The van der Waals surface area contributed by atoms with Crippen LogP contribution in [0.1, 0.15) is 19.3 Å². The Hall–Kier alpha value is -0.0800. The number of hydrogen-bond donors (Lipinski definition) is 1. The van der Waals surface area contributed by atoms with E-state index in [1.54, 1.807) is 0 Å². The fraction of sp³-hybridized carbons (Fsp3) is 1.00. The second-order valence-corrected chi connectivity index (χ2v) is 4.02. The monoisotopic (exact) mass is 154 g/mol. The molecule has 1 aliphatic heterocycles. The molecule has 1 unspecified atom stereocenters. The maximum absolute atomic E-state index is 5.48. The van der Waals surface area contributed by atoms with E-state index in [1.807, 2.05) is 0 Å². The third-order valence-electron chi connectivity index (χ3n) is 3.35. The lowest BCUT2D eigenvalue weighted by Gasteiger charge is -2.12. The van der Waals surface area contributed by atoms with Gasteiger partial charge in [-0.1, -0.05) is 0 Å². The van der Waals surface area contributed by atoms with Crippen molar-refractivity contribution in [2.75, 3.05) is 20.1 Å². The third kappa shape index (κ3) is 1.18. The highest BCUT2D eigenvalue weighted by Gasteiger charge is 2.54. The van der Waals surface area contributed by atoms with E-state index in [-0.39, 0.29) is 0 Å². The molecule has 1 saturated carbocycles. The van der Waals surface area contributed by atoms with E-state index in [9.17, 15) is 0 Å². The molecule has 0 radical (unpaired) electrons. The largest absolute Gasteiger partial charge is 0.330 e. The van der Waals surface area contributed by atoms with E-state index in [0.717, 1.165) is 24.4 Å². The number of rotatable bonds is 3. The number of nitrogens with zero attached hydrogens (tertiary/aromatic N) is 1. The molecule has 0 aromatic rings. The van der Waals surface area contributed by atoms with Gasteiger partial charge in [0.25, 0.3) is 0 Å². The number of likely N-dealkylation sites (tertiary alicyclic amines) is 1. The van der Waals surface area contributed by atoms with Gasteiger partial charge in [-0.2, -0.15) is 0 Å². The van der Waals surface area contributed by atoms with Crippen LogP contribution in [0.3, 0.4) is 0 Å².